The van der Waals surface area contributed by atoms with Gasteiger partial charge in [0.15, 0.2) is 7.85 Å². The Bertz CT molecular complexity index is 364. The first-order valence-electron chi connectivity index (χ1n) is 3.98. The van der Waals surface area contributed by atoms with Crippen molar-refractivity contribution in [3.05, 3.63) is 42.5 Å². The second kappa shape index (κ2) is 3.15. The molecule has 0 aliphatic heterocycles. The smallest absolute Gasteiger partial charge is 0.151 e. The highest BCUT2D eigenvalue weighted by Crippen LogP contribution is 2.21. The van der Waals surface area contributed by atoms with E-state index >= 15 is 0 Å². The van der Waals surface area contributed by atoms with E-state index in [1.165, 1.54) is 15.2 Å². The van der Waals surface area contributed by atoms with Crippen molar-refractivity contribution >= 4 is 24.0 Å². The third kappa shape index (κ3) is 1.43. The lowest BCUT2D eigenvalue weighted by Crippen LogP contribution is -1.88. The summed E-state index contributed by atoms with van der Waals surface area (Å²) in [7, 11) is 2.14. The van der Waals surface area contributed by atoms with E-state index in [1.807, 2.05) is 17.4 Å². The molecule has 12 heavy (non-hydrogen) atoms. The zero-order valence-electron chi connectivity index (χ0n) is 6.95. The number of hydrogen-bond acceptors (Lipinski definition) is 1. The van der Waals surface area contributed by atoms with Gasteiger partial charge >= 0.3 is 0 Å². The average Bonchev–Trinajstić information content (AvgIpc) is 2.54. The average molecular weight is 172 g/mol. The molecular weight excluding hydrogens is 163 g/mol. The molecule has 0 unspecified atom stereocenters. The minimum absolute atomic E-state index is 1.32. The Hall–Kier alpha value is -1.02. The maximum Gasteiger partial charge on any atom is 0.152 e. The third-order valence-corrected chi connectivity index (χ3v) is 2.85. The van der Waals surface area contributed by atoms with Gasteiger partial charge in [0.05, 0.1) is 0 Å². The maximum absolute atomic E-state index is 2.18. The molecule has 58 valence electrons. The molecule has 1 aromatic carbocycles. The van der Waals surface area contributed by atoms with Crippen LogP contribution in [0.3, 0.4) is 0 Å². The van der Waals surface area contributed by atoms with E-state index in [9.17, 15) is 0 Å². The van der Waals surface area contributed by atoms with Crippen LogP contribution in [0.4, 0.5) is 0 Å². The van der Waals surface area contributed by atoms with E-state index < -0.39 is 0 Å². The molecule has 0 saturated carbocycles. The highest BCUT2D eigenvalue weighted by molar-refractivity contribution is 7.23. The van der Waals surface area contributed by atoms with Crippen LogP contribution in [0.5, 0.6) is 0 Å². The largest absolute Gasteiger partial charge is 0.152 e. The minimum Gasteiger partial charge on any atom is -0.151 e. The molecule has 1 heterocycles. The SMILES string of the molecule is Bc1ccc(-c2ccccc2)s1. The summed E-state index contributed by atoms with van der Waals surface area (Å²) in [6.45, 7) is 0. The second-order valence-corrected chi connectivity index (χ2v) is 4.06. The Morgan fingerprint density at radius 3 is 2.25 bits per heavy atom. The van der Waals surface area contributed by atoms with Gasteiger partial charge in [0.1, 0.15) is 0 Å². The van der Waals surface area contributed by atoms with Gasteiger partial charge < -0.3 is 0 Å². The molecule has 2 rings (SSSR count). The highest BCUT2D eigenvalue weighted by atomic mass is 32.1. The van der Waals surface area contributed by atoms with Crippen molar-refractivity contribution < 1.29 is 0 Å². The molecule has 0 aliphatic rings. The van der Waals surface area contributed by atoms with Crippen LogP contribution in [0, 0.1) is 0 Å². The third-order valence-electron chi connectivity index (χ3n) is 1.80. The molecule has 0 atom stereocenters. The number of thiophene rings is 1. The van der Waals surface area contributed by atoms with E-state index in [0.717, 1.165) is 0 Å². The first-order chi connectivity index (χ1) is 5.86. The monoisotopic (exact) mass is 172 g/mol. The molecular formula is C10H9BS. The van der Waals surface area contributed by atoms with E-state index in [0.29, 0.717) is 0 Å². The van der Waals surface area contributed by atoms with Crippen LogP contribution in [-0.4, -0.2) is 7.85 Å². The molecule has 0 spiro atoms. The van der Waals surface area contributed by atoms with E-state index in [-0.39, 0.29) is 0 Å². The lowest BCUT2D eigenvalue weighted by Gasteiger charge is -1.93. The summed E-state index contributed by atoms with van der Waals surface area (Å²) in [6, 6.07) is 14.8. The Balaban J connectivity index is 2.45. The molecule has 2 aromatic rings. The minimum atomic E-state index is 1.32. The van der Waals surface area contributed by atoms with Gasteiger partial charge in [-0.2, -0.15) is 11.3 Å². The first-order valence-corrected chi connectivity index (χ1v) is 4.80. The molecule has 0 nitrogen and oxygen atoms in total. The summed E-state index contributed by atoms with van der Waals surface area (Å²) in [6.07, 6.45) is 0. The van der Waals surface area contributed by atoms with E-state index in [2.05, 4.69) is 44.2 Å². The quantitative estimate of drug-likeness (QED) is 0.574. The molecule has 2 heteroatoms. The predicted molar refractivity (Wildman–Crippen MR) is 57.9 cm³/mol. The van der Waals surface area contributed by atoms with Gasteiger partial charge in [0.25, 0.3) is 0 Å². The fraction of sp³-hybridized carbons (Fsp3) is 0. The normalized spacial score (nSPS) is 10.0. The van der Waals surface area contributed by atoms with Crippen LogP contribution in [-0.2, 0) is 0 Å². The Morgan fingerprint density at radius 1 is 0.917 bits per heavy atom. The summed E-state index contributed by atoms with van der Waals surface area (Å²) in [5.41, 5.74) is 1.32. The van der Waals surface area contributed by atoms with Gasteiger partial charge in [0, 0.05) is 4.88 Å². The fourth-order valence-electron chi connectivity index (χ4n) is 1.19. The molecule has 0 radical (unpaired) electrons. The van der Waals surface area contributed by atoms with Crippen molar-refractivity contribution in [2.45, 2.75) is 0 Å². The summed E-state index contributed by atoms with van der Waals surface area (Å²) in [4.78, 5) is 1.35. The van der Waals surface area contributed by atoms with Crippen molar-refractivity contribution in [3.8, 4) is 10.4 Å². The van der Waals surface area contributed by atoms with Gasteiger partial charge in [-0.15, -0.1) is 0 Å². The Labute approximate surface area is 77.3 Å². The molecule has 0 aliphatic carbocycles. The van der Waals surface area contributed by atoms with E-state index in [1.54, 1.807) is 0 Å². The first kappa shape index (κ1) is 7.62. The van der Waals surface area contributed by atoms with Crippen LogP contribution >= 0.6 is 11.3 Å². The molecule has 0 saturated heterocycles. The van der Waals surface area contributed by atoms with Gasteiger partial charge in [0.2, 0.25) is 0 Å². The molecule has 1 aromatic heterocycles. The molecule has 0 fully saturated rings. The van der Waals surface area contributed by atoms with Crippen LogP contribution in [0.15, 0.2) is 42.5 Å². The Kier molecular flexibility index (Phi) is 2.00. The maximum atomic E-state index is 2.18. The highest BCUT2D eigenvalue weighted by Gasteiger charge is 1.97. The van der Waals surface area contributed by atoms with Crippen molar-refractivity contribution in [2.75, 3.05) is 0 Å². The number of benzene rings is 1. The van der Waals surface area contributed by atoms with Crippen LogP contribution < -0.4 is 4.78 Å². The molecule has 0 bridgehead atoms. The summed E-state index contributed by atoms with van der Waals surface area (Å²) >= 11 is 1.84. The molecule has 0 amide bonds. The molecule has 0 N–H and O–H groups in total. The van der Waals surface area contributed by atoms with Crippen molar-refractivity contribution in [3.63, 3.8) is 0 Å². The van der Waals surface area contributed by atoms with Crippen molar-refractivity contribution in [1.29, 1.82) is 0 Å². The van der Waals surface area contributed by atoms with Gasteiger partial charge in [-0.3, -0.25) is 0 Å². The topological polar surface area (TPSA) is 0 Å². The zero-order chi connectivity index (χ0) is 8.39. The Morgan fingerprint density at radius 2 is 1.67 bits per heavy atom. The van der Waals surface area contributed by atoms with Crippen LogP contribution in [0.25, 0.3) is 10.4 Å². The van der Waals surface area contributed by atoms with Crippen LogP contribution in [0.1, 0.15) is 0 Å². The lowest BCUT2D eigenvalue weighted by atomic mass is 10.1. The van der Waals surface area contributed by atoms with Crippen molar-refractivity contribution in [2.24, 2.45) is 0 Å². The predicted octanol–water partition coefficient (Wildman–Crippen LogP) is 1.67. The number of hydrogen-bond donors (Lipinski definition) is 0. The summed E-state index contributed by atoms with van der Waals surface area (Å²) in [5, 5.41) is 0. The van der Waals surface area contributed by atoms with Gasteiger partial charge in [-0.1, -0.05) is 36.4 Å². The summed E-state index contributed by atoms with van der Waals surface area (Å²) in [5.74, 6) is 0. The number of rotatable bonds is 1. The van der Waals surface area contributed by atoms with Crippen molar-refractivity contribution in [1.82, 2.24) is 0 Å². The second-order valence-electron chi connectivity index (χ2n) is 2.78. The summed E-state index contributed by atoms with van der Waals surface area (Å²) < 4.78 is 1.37. The standard InChI is InChI=1S/C10H9BS/c11-10-7-6-9(12-10)8-4-2-1-3-5-8/h1-7H,11H2. The lowest BCUT2D eigenvalue weighted by molar-refractivity contribution is 1.70. The zero-order valence-corrected chi connectivity index (χ0v) is 7.77. The fourth-order valence-corrected chi connectivity index (χ4v) is 2.07. The van der Waals surface area contributed by atoms with Crippen LogP contribution in [0.2, 0.25) is 0 Å². The van der Waals surface area contributed by atoms with E-state index in [4.69, 9.17) is 0 Å². The van der Waals surface area contributed by atoms with Gasteiger partial charge in [-0.05, 0) is 16.4 Å². The van der Waals surface area contributed by atoms with Gasteiger partial charge in [-0.25, -0.2) is 0 Å².